The topological polar surface area (TPSA) is 81.2 Å². The van der Waals surface area contributed by atoms with Gasteiger partial charge in [-0.3, -0.25) is 4.57 Å². The Labute approximate surface area is 62.2 Å². The zero-order valence-electron chi connectivity index (χ0n) is 5.84. The summed E-state index contributed by atoms with van der Waals surface area (Å²) in [5.74, 6) is -0.258. The zero-order chi connectivity index (χ0) is 8.43. The highest BCUT2D eigenvalue weighted by Crippen LogP contribution is 2.08. The second-order valence-electron chi connectivity index (χ2n) is 2.07. The minimum absolute atomic E-state index is 0.258. The monoisotopic (exact) mass is 157 g/mol. The van der Waals surface area contributed by atoms with E-state index in [-0.39, 0.29) is 5.82 Å². The van der Waals surface area contributed by atoms with Gasteiger partial charge in [-0.2, -0.15) is 0 Å². The molecule has 0 unspecified atom stereocenters. The average Bonchev–Trinajstić information content (AvgIpc) is 2.33. The van der Waals surface area contributed by atoms with Crippen molar-refractivity contribution in [3.05, 3.63) is 22.6 Å². The standard InChI is InChI=1S/C5H7N3O3/c1-4(9)7-2-5(6-3-7)8(10)11/h2-4,9H,1H3/t4-/m1/s1. The van der Waals surface area contributed by atoms with Gasteiger partial charge in [-0.05, 0) is 16.8 Å². The Kier molecular flexibility index (Phi) is 1.86. The van der Waals surface area contributed by atoms with Crippen molar-refractivity contribution in [2.24, 2.45) is 0 Å². The van der Waals surface area contributed by atoms with E-state index in [1.807, 2.05) is 0 Å². The van der Waals surface area contributed by atoms with Crippen molar-refractivity contribution in [1.29, 1.82) is 0 Å². The highest BCUT2D eigenvalue weighted by atomic mass is 16.6. The van der Waals surface area contributed by atoms with E-state index in [2.05, 4.69) is 4.98 Å². The number of nitro groups is 1. The van der Waals surface area contributed by atoms with Crippen LogP contribution in [-0.4, -0.2) is 19.6 Å². The van der Waals surface area contributed by atoms with Crippen LogP contribution in [0, 0.1) is 10.1 Å². The first kappa shape index (κ1) is 7.67. The highest BCUT2D eigenvalue weighted by molar-refractivity contribution is 5.12. The predicted molar refractivity (Wildman–Crippen MR) is 35.8 cm³/mol. The number of aliphatic hydroxyl groups excluding tert-OH is 1. The van der Waals surface area contributed by atoms with Crippen LogP contribution in [0.4, 0.5) is 5.82 Å². The van der Waals surface area contributed by atoms with Crippen LogP contribution in [-0.2, 0) is 0 Å². The SMILES string of the molecule is C[C@@H](O)n1cnc([N+](=O)[O-])c1. The molecule has 0 aromatic carbocycles. The Balaban J connectivity index is 2.90. The summed E-state index contributed by atoms with van der Waals surface area (Å²) < 4.78 is 1.25. The quantitative estimate of drug-likeness (QED) is 0.494. The van der Waals surface area contributed by atoms with Crippen LogP contribution in [0.25, 0.3) is 0 Å². The first-order valence-electron chi connectivity index (χ1n) is 2.97. The van der Waals surface area contributed by atoms with E-state index in [4.69, 9.17) is 5.11 Å². The number of aromatic nitrogens is 2. The molecule has 0 amide bonds. The minimum atomic E-state index is -0.781. The third kappa shape index (κ3) is 1.53. The van der Waals surface area contributed by atoms with Crippen molar-refractivity contribution in [3.8, 4) is 0 Å². The van der Waals surface area contributed by atoms with Crippen LogP contribution in [0.5, 0.6) is 0 Å². The molecule has 0 saturated carbocycles. The van der Waals surface area contributed by atoms with Crippen LogP contribution >= 0.6 is 0 Å². The van der Waals surface area contributed by atoms with Gasteiger partial charge in [-0.25, -0.2) is 0 Å². The Bertz CT molecular complexity index is 268. The van der Waals surface area contributed by atoms with Crippen LogP contribution in [0.15, 0.2) is 12.5 Å². The maximum atomic E-state index is 10.1. The van der Waals surface area contributed by atoms with Gasteiger partial charge >= 0.3 is 5.82 Å². The molecule has 1 aromatic rings. The molecule has 11 heavy (non-hydrogen) atoms. The molecule has 0 saturated heterocycles. The highest BCUT2D eigenvalue weighted by Gasteiger charge is 2.11. The van der Waals surface area contributed by atoms with Crippen molar-refractivity contribution in [1.82, 2.24) is 9.55 Å². The molecule has 0 spiro atoms. The van der Waals surface area contributed by atoms with E-state index in [0.29, 0.717) is 0 Å². The van der Waals surface area contributed by atoms with Gasteiger partial charge in [0.05, 0.1) is 0 Å². The summed E-state index contributed by atoms with van der Waals surface area (Å²) in [6.45, 7) is 1.49. The molecule has 60 valence electrons. The van der Waals surface area contributed by atoms with Crippen molar-refractivity contribution in [3.63, 3.8) is 0 Å². The molecule has 0 radical (unpaired) electrons. The molecule has 1 heterocycles. The normalized spacial score (nSPS) is 12.9. The zero-order valence-corrected chi connectivity index (χ0v) is 5.84. The Hall–Kier alpha value is -1.43. The van der Waals surface area contributed by atoms with Gasteiger partial charge in [0.2, 0.25) is 6.33 Å². The fraction of sp³-hybridized carbons (Fsp3) is 0.400. The number of aliphatic hydroxyl groups is 1. The molecule has 6 heteroatoms. The summed E-state index contributed by atoms with van der Waals surface area (Å²) in [5.41, 5.74) is 0. The summed E-state index contributed by atoms with van der Waals surface area (Å²) in [6, 6.07) is 0. The summed E-state index contributed by atoms with van der Waals surface area (Å²) in [7, 11) is 0. The van der Waals surface area contributed by atoms with Crippen molar-refractivity contribution in [2.45, 2.75) is 13.2 Å². The van der Waals surface area contributed by atoms with E-state index in [1.54, 1.807) is 0 Å². The molecule has 0 aliphatic carbocycles. The summed E-state index contributed by atoms with van der Waals surface area (Å²) in [5, 5.41) is 19.0. The molecule has 0 bridgehead atoms. The van der Waals surface area contributed by atoms with E-state index in [0.717, 1.165) is 0 Å². The summed E-state index contributed by atoms with van der Waals surface area (Å²) in [6.07, 6.45) is 1.60. The van der Waals surface area contributed by atoms with Crippen molar-refractivity contribution in [2.75, 3.05) is 0 Å². The Morgan fingerprint density at radius 2 is 2.55 bits per heavy atom. The maximum Gasteiger partial charge on any atom is 0.381 e. The van der Waals surface area contributed by atoms with Gasteiger partial charge in [0.1, 0.15) is 12.4 Å². The second kappa shape index (κ2) is 2.67. The van der Waals surface area contributed by atoms with E-state index < -0.39 is 11.2 Å². The third-order valence-corrected chi connectivity index (χ3v) is 1.21. The smallest absolute Gasteiger partial charge is 0.373 e. The van der Waals surface area contributed by atoms with Crippen molar-refractivity contribution >= 4 is 5.82 Å². The lowest BCUT2D eigenvalue weighted by Gasteiger charge is -1.99. The lowest BCUT2D eigenvalue weighted by atomic mass is 10.6. The van der Waals surface area contributed by atoms with E-state index in [1.165, 1.54) is 24.0 Å². The molecule has 0 aliphatic heterocycles. The van der Waals surface area contributed by atoms with E-state index in [9.17, 15) is 10.1 Å². The summed E-state index contributed by atoms with van der Waals surface area (Å²) >= 11 is 0. The van der Waals surface area contributed by atoms with E-state index >= 15 is 0 Å². The van der Waals surface area contributed by atoms with Crippen LogP contribution in [0.1, 0.15) is 13.2 Å². The molecule has 6 nitrogen and oxygen atoms in total. The molecule has 0 aliphatic rings. The number of hydrogen-bond donors (Lipinski definition) is 1. The maximum absolute atomic E-state index is 10.1. The minimum Gasteiger partial charge on any atom is -0.373 e. The lowest BCUT2D eigenvalue weighted by Crippen LogP contribution is -1.99. The molecular formula is C5H7N3O3. The fourth-order valence-corrected chi connectivity index (χ4v) is 0.624. The fourth-order valence-electron chi connectivity index (χ4n) is 0.624. The third-order valence-electron chi connectivity index (χ3n) is 1.21. The molecule has 1 aromatic heterocycles. The Morgan fingerprint density at radius 1 is 1.91 bits per heavy atom. The molecule has 1 rings (SSSR count). The van der Waals surface area contributed by atoms with Gasteiger partial charge in [-0.1, -0.05) is 0 Å². The second-order valence-corrected chi connectivity index (χ2v) is 2.07. The van der Waals surface area contributed by atoms with Crippen molar-refractivity contribution < 1.29 is 10.0 Å². The van der Waals surface area contributed by atoms with Crippen LogP contribution in [0.2, 0.25) is 0 Å². The van der Waals surface area contributed by atoms with Gasteiger partial charge in [0, 0.05) is 0 Å². The molecule has 0 fully saturated rings. The summed E-state index contributed by atoms with van der Waals surface area (Å²) in [4.78, 5) is 12.9. The van der Waals surface area contributed by atoms with Gasteiger partial charge in [0.25, 0.3) is 0 Å². The number of nitrogens with zero attached hydrogens (tertiary/aromatic N) is 3. The van der Waals surface area contributed by atoms with Crippen LogP contribution in [0.3, 0.4) is 0 Å². The number of hydrogen-bond acceptors (Lipinski definition) is 4. The average molecular weight is 157 g/mol. The predicted octanol–water partition coefficient (Wildman–Crippen LogP) is 0.302. The first-order chi connectivity index (χ1) is 5.11. The van der Waals surface area contributed by atoms with Gasteiger partial charge in [0.15, 0.2) is 0 Å². The van der Waals surface area contributed by atoms with Gasteiger partial charge < -0.3 is 15.2 Å². The number of rotatable bonds is 2. The Morgan fingerprint density at radius 3 is 2.82 bits per heavy atom. The van der Waals surface area contributed by atoms with Crippen LogP contribution < -0.4 is 0 Å². The number of imidazole rings is 1. The molecule has 1 N–H and O–H groups in total. The molecule has 1 atom stereocenters. The van der Waals surface area contributed by atoms with Gasteiger partial charge in [-0.15, -0.1) is 0 Å². The first-order valence-corrected chi connectivity index (χ1v) is 2.97. The lowest BCUT2D eigenvalue weighted by molar-refractivity contribution is -0.389. The molecular weight excluding hydrogens is 150 g/mol. The largest absolute Gasteiger partial charge is 0.381 e.